The van der Waals surface area contributed by atoms with Gasteiger partial charge < -0.3 is 15.7 Å². The van der Waals surface area contributed by atoms with Crippen LogP contribution in [0.3, 0.4) is 0 Å². The Labute approximate surface area is 152 Å². The maximum absolute atomic E-state index is 12.4. The first kappa shape index (κ1) is 17.5. The van der Waals surface area contributed by atoms with E-state index < -0.39 is 17.3 Å². The van der Waals surface area contributed by atoms with Gasteiger partial charge in [0.05, 0.1) is 23.4 Å². The first-order valence-electron chi connectivity index (χ1n) is 7.64. The molecule has 0 saturated heterocycles. The van der Waals surface area contributed by atoms with Gasteiger partial charge in [-0.2, -0.15) is 0 Å². The van der Waals surface area contributed by atoms with E-state index in [2.05, 4.69) is 10.6 Å². The highest BCUT2D eigenvalue weighted by atomic mass is 32.2. The van der Waals surface area contributed by atoms with Gasteiger partial charge in [-0.05, 0) is 23.6 Å². The smallest absolute Gasteiger partial charge is 0.305 e. The minimum Gasteiger partial charge on any atom is -0.481 e. The van der Waals surface area contributed by atoms with Gasteiger partial charge in [0, 0.05) is 16.2 Å². The number of thiophene rings is 1. The van der Waals surface area contributed by atoms with Crippen LogP contribution in [-0.4, -0.2) is 28.1 Å². The Balaban J connectivity index is 1.65. The van der Waals surface area contributed by atoms with Crippen LogP contribution in [0.15, 0.2) is 46.7 Å². The maximum Gasteiger partial charge on any atom is 0.305 e. The summed E-state index contributed by atoms with van der Waals surface area (Å²) in [4.78, 5) is 37.3. The van der Waals surface area contributed by atoms with E-state index in [1.807, 2.05) is 35.7 Å². The average Bonchev–Trinajstić information content (AvgIpc) is 3.09. The number of hydrogen-bond acceptors (Lipinski definition) is 5. The third-order valence-corrected chi connectivity index (χ3v) is 5.94. The van der Waals surface area contributed by atoms with Crippen LogP contribution in [0.25, 0.3) is 0 Å². The molecule has 0 bridgehead atoms. The Morgan fingerprint density at radius 1 is 1.24 bits per heavy atom. The molecule has 1 aromatic carbocycles. The number of nitrogens with one attached hydrogen (secondary N) is 2. The molecule has 2 amide bonds. The lowest BCUT2D eigenvalue weighted by molar-refractivity contribution is -0.137. The van der Waals surface area contributed by atoms with E-state index in [9.17, 15) is 14.4 Å². The van der Waals surface area contributed by atoms with Crippen LogP contribution in [0.4, 0.5) is 5.69 Å². The Kier molecular flexibility index (Phi) is 5.40. The molecule has 2 atom stereocenters. The van der Waals surface area contributed by atoms with Gasteiger partial charge in [-0.25, -0.2) is 0 Å². The van der Waals surface area contributed by atoms with Crippen molar-refractivity contribution in [3.05, 3.63) is 46.7 Å². The summed E-state index contributed by atoms with van der Waals surface area (Å²) < 4.78 is 0. The van der Waals surface area contributed by atoms with Crippen molar-refractivity contribution in [3.63, 3.8) is 0 Å². The van der Waals surface area contributed by atoms with Crippen molar-refractivity contribution in [1.82, 2.24) is 5.32 Å². The number of aliphatic carboxylic acids is 1. The van der Waals surface area contributed by atoms with Gasteiger partial charge in [-0.3, -0.25) is 14.4 Å². The van der Waals surface area contributed by atoms with E-state index in [1.165, 1.54) is 23.1 Å². The Morgan fingerprint density at radius 2 is 2.04 bits per heavy atom. The summed E-state index contributed by atoms with van der Waals surface area (Å²) in [6, 6.07) is 10.4. The first-order valence-corrected chi connectivity index (χ1v) is 9.40. The van der Waals surface area contributed by atoms with Crippen molar-refractivity contribution in [2.45, 2.75) is 29.0 Å². The molecule has 8 heteroatoms. The molecule has 2 heterocycles. The van der Waals surface area contributed by atoms with Crippen molar-refractivity contribution in [2.24, 2.45) is 0 Å². The predicted octanol–water partition coefficient (Wildman–Crippen LogP) is 2.88. The van der Waals surface area contributed by atoms with Crippen LogP contribution < -0.4 is 10.6 Å². The van der Waals surface area contributed by atoms with Gasteiger partial charge in [0.1, 0.15) is 0 Å². The fourth-order valence-electron chi connectivity index (χ4n) is 2.54. The number of benzene rings is 1. The van der Waals surface area contributed by atoms with Gasteiger partial charge >= 0.3 is 5.97 Å². The van der Waals surface area contributed by atoms with E-state index in [0.29, 0.717) is 0 Å². The molecule has 1 aliphatic heterocycles. The summed E-state index contributed by atoms with van der Waals surface area (Å²) in [7, 11) is 0. The highest BCUT2D eigenvalue weighted by Gasteiger charge is 2.30. The number of rotatable bonds is 6. The number of thioether (sulfide) groups is 1. The van der Waals surface area contributed by atoms with Crippen molar-refractivity contribution < 1.29 is 19.5 Å². The molecule has 3 rings (SSSR count). The molecule has 130 valence electrons. The average molecular weight is 376 g/mol. The van der Waals surface area contributed by atoms with Crippen LogP contribution in [-0.2, 0) is 14.4 Å². The standard InChI is InChI=1S/C17H16N2O4S2/c20-15(18-11(8-16(21)22)12-6-3-7-24-12)9-14-17(23)19-10-4-1-2-5-13(10)25-14/h1-7,11,14H,8-9H2,(H,18,20)(H,19,23)(H,21,22)/t11-,14+/m1/s1. The minimum absolute atomic E-state index is 0.00761. The quantitative estimate of drug-likeness (QED) is 0.720. The van der Waals surface area contributed by atoms with E-state index in [0.717, 1.165) is 15.5 Å². The zero-order valence-electron chi connectivity index (χ0n) is 13.1. The summed E-state index contributed by atoms with van der Waals surface area (Å²) in [5.74, 6) is -1.55. The third-order valence-electron chi connectivity index (χ3n) is 3.68. The van der Waals surface area contributed by atoms with Crippen LogP contribution >= 0.6 is 23.1 Å². The zero-order valence-corrected chi connectivity index (χ0v) is 14.7. The molecule has 0 saturated carbocycles. The molecule has 0 radical (unpaired) electrons. The summed E-state index contributed by atoms with van der Waals surface area (Å²) in [6.07, 6.45) is -0.203. The molecular weight excluding hydrogens is 360 g/mol. The lowest BCUT2D eigenvalue weighted by Gasteiger charge is -2.24. The fraction of sp³-hybridized carbons (Fsp3) is 0.235. The first-order chi connectivity index (χ1) is 12.0. The van der Waals surface area contributed by atoms with Gasteiger partial charge in [-0.1, -0.05) is 18.2 Å². The van der Waals surface area contributed by atoms with Crippen molar-refractivity contribution in [3.8, 4) is 0 Å². The van der Waals surface area contributed by atoms with E-state index in [4.69, 9.17) is 5.11 Å². The highest BCUT2D eigenvalue weighted by Crippen LogP contribution is 2.36. The van der Waals surface area contributed by atoms with E-state index in [-0.39, 0.29) is 24.7 Å². The van der Waals surface area contributed by atoms with Crippen molar-refractivity contribution in [2.75, 3.05) is 5.32 Å². The van der Waals surface area contributed by atoms with Gasteiger partial charge in [0.2, 0.25) is 11.8 Å². The number of carboxylic acid groups (broad SMARTS) is 1. The number of fused-ring (bicyclic) bond motifs is 1. The molecule has 0 aliphatic carbocycles. The molecule has 0 unspecified atom stereocenters. The molecule has 3 N–H and O–H groups in total. The number of anilines is 1. The van der Waals surface area contributed by atoms with Crippen LogP contribution in [0.2, 0.25) is 0 Å². The predicted molar refractivity (Wildman–Crippen MR) is 96.8 cm³/mol. The highest BCUT2D eigenvalue weighted by molar-refractivity contribution is 8.01. The number of carbonyl (C=O) groups excluding carboxylic acids is 2. The molecule has 0 fully saturated rings. The normalized spacial score (nSPS) is 17.3. The van der Waals surface area contributed by atoms with Crippen LogP contribution in [0, 0.1) is 0 Å². The number of carboxylic acids is 1. The Hall–Kier alpha value is -2.32. The second kappa shape index (κ2) is 7.71. The molecule has 25 heavy (non-hydrogen) atoms. The maximum atomic E-state index is 12.4. The summed E-state index contributed by atoms with van der Waals surface area (Å²) >= 11 is 2.74. The minimum atomic E-state index is -0.989. The number of para-hydroxylation sites is 1. The number of hydrogen-bond donors (Lipinski definition) is 3. The molecule has 0 spiro atoms. The molecule has 1 aromatic heterocycles. The molecule has 1 aliphatic rings. The SMILES string of the molecule is O=C(O)C[C@@H](NC(=O)C[C@@H]1Sc2ccccc2NC1=O)c1cccs1. The third kappa shape index (κ3) is 4.40. The molecule has 6 nitrogen and oxygen atoms in total. The summed E-state index contributed by atoms with van der Waals surface area (Å²) in [6.45, 7) is 0. The largest absolute Gasteiger partial charge is 0.481 e. The topological polar surface area (TPSA) is 95.5 Å². The fourth-order valence-corrected chi connectivity index (χ4v) is 4.42. The summed E-state index contributed by atoms with van der Waals surface area (Å²) in [5, 5.41) is 15.9. The van der Waals surface area contributed by atoms with E-state index in [1.54, 1.807) is 6.07 Å². The molecular formula is C17H16N2O4S2. The second-order valence-electron chi connectivity index (χ2n) is 5.53. The van der Waals surface area contributed by atoms with Crippen molar-refractivity contribution >= 4 is 46.6 Å². The zero-order chi connectivity index (χ0) is 17.8. The Bertz CT molecular complexity index is 792. The number of carbonyl (C=O) groups is 3. The lowest BCUT2D eigenvalue weighted by atomic mass is 10.1. The molecule has 2 aromatic rings. The summed E-state index contributed by atoms with van der Waals surface area (Å²) in [5.41, 5.74) is 0.747. The van der Waals surface area contributed by atoms with Crippen molar-refractivity contribution in [1.29, 1.82) is 0 Å². The lowest BCUT2D eigenvalue weighted by Crippen LogP contribution is -2.36. The van der Waals surface area contributed by atoms with Crippen LogP contribution in [0.1, 0.15) is 23.8 Å². The monoisotopic (exact) mass is 376 g/mol. The van der Waals surface area contributed by atoms with Gasteiger partial charge in [0.15, 0.2) is 0 Å². The van der Waals surface area contributed by atoms with Crippen LogP contribution in [0.5, 0.6) is 0 Å². The number of amides is 2. The van der Waals surface area contributed by atoms with Gasteiger partial charge in [-0.15, -0.1) is 23.1 Å². The van der Waals surface area contributed by atoms with E-state index >= 15 is 0 Å². The second-order valence-corrected chi connectivity index (χ2v) is 7.75. The van der Waals surface area contributed by atoms with Gasteiger partial charge in [0.25, 0.3) is 0 Å². The Morgan fingerprint density at radius 3 is 2.76 bits per heavy atom.